The lowest BCUT2D eigenvalue weighted by Crippen LogP contribution is -2.04. The van der Waals surface area contributed by atoms with Crippen LogP contribution in [0.5, 0.6) is 11.5 Å². The Hall–Kier alpha value is -3.29. The van der Waals surface area contributed by atoms with Gasteiger partial charge in [0.15, 0.2) is 0 Å². The van der Waals surface area contributed by atoms with Crippen molar-refractivity contribution in [2.24, 2.45) is 0 Å². The molecule has 0 fully saturated rings. The van der Waals surface area contributed by atoms with E-state index in [2.05, 4.69) is 15.4 Å². The number of nitrogens with zero attached hydrogens (tertiary/aromatic N) is 3. The Kier molecular flexibility index (Phi) is 4.19. The molecule has 0 atom stereocenters. The third-order valence-corrected chi connectivity index (χ3v) is 3.32. The smallest absolute Gasteiger partial charge is 0.248 e. The molecular weight excluding hydrogens is 313 g/mol. The SMILES string of the molecule is COc1cc(Nc2nc(N)n(-c3ccccc3F)n2)cc(OC)c1. The summed E-state index contributed by atoms with van der Waals surface area (Å²) in [6.07, 6.45) is 0. The van der Waals surface area contributed by atoms with Gasteiger partial charge < -0.3 is 20.5 Å². The van der Waals surface area contributed by atoms with E-state index in [1.165, 1.54) is 10.7 Å². The highest BCUT2D eigenvalue weighted by molar-refractivity contribution is 5.60. The Bertz CT molecular complexity index is 843. The summed E-state index contributed by atoms with van der Waals surface area (Å²) in [6.45, 7) is 0. The van der Waals surface area contributed by atoms with Crippen molar-refractivity contribution in [3.8, 4) is 17.2 Å². The molecule has 8 heteroatoms. The fraction of sp³-hybridized carbons (Fsp3) is 0.125. The van der Waals surface area contributed by atoms with Crippen molar-refractivity contribution in [2.75, 3.05) is 25.3 Å². The van der Waals surface area contributed by atoms with E-state index in [-0.39, 0.29) is 17.6 Å². The van der Waals surface area contributed by atoms with Crippen molar-refractivity contribution in [1.82, 2.24) is 14.8 Å². The van der Waals surface area contributed by atoms with Gasteiger partial charge in [0.2, 0.25) is 11.9 Å². The summed E-state index contributed by atoms with van der Waals surface area (Å²) >= 11 is 0. The molecule has 1 heterocycles. The fourth-order valence-corrected chi connectivity index (χ4v) is 2.19. The molecule has 1 aromatic heterocycles. The van der Waals surface area contributed by atoms with Gasteiger partial charge >= 0.3 is 0 Å². The molecule has 7 nitrogen and oxygen atoms in total. The van der Waals surface area contributed by atoms with E-state index in [1.54, 1.807) is 50.6 Å². The average Bonchev–Trinajstić information content (AvgIpc) is 2.95. The molecule has 0 aliphatic heterocycles. The van der Waals surface area contributed by atoms with Crippen LogP contribution in [0, 0.1) is 5.82 Å². The second-order valence-corrected chi connectivity index (χ2v) is 4.88. The van der Waals surface area contributed by atoms with E-state index < -0.39 is 5.82 Å². The van der Waals surface area contributed by atoms with Gasteiger partial charge in [-0.05, 0) is 12.1 Å². The summed E-state index contributed by atoms with van der Waals surface area (Å²) in [6, 6.07) is 11.4. The first-order valence-corrected chi connectivity index (χ1v) is 7.08. The molecule has 0 bridgehead atoms. The number of rotatable bonds is 5. The minimum atomic E-state index is -0.441. The van der Waals surface area contributed by atoms with Crippen LogP contribution in [0.4, 0.5) is 22.0 Å². The molecule has 24 heavy (non-hydrogen) atoms. The number of anilines is 3. The summed E-state index contributed by atoms with van der Waals surface area (Å²) in [4.78, 5) is 4.10. The zero-order valence-electron chi connectivity index (χ0n) is 13.2. The number of hydrogen-bond donors (Lipinski definition) is 2. The Balaban J connectivity index is 1.93. The number of ether oxygens (including phenoxy) is 2. The number of nitrogen functional groups attached to an aromatic ring is 1. The van der Waals surface area contributed by atoms with Gasteiger partial charge in [-0.15, -0.1) is 5.10 Å². The molecule has 3 rings (SSSR count). The third kappa shape index (κ3) is 3.07. The Morgan fingerprint density at radius 1 is 1.08 bits per heavy atom. The molecule has 124 valence electrons. The number of nitrogens with two attached hydrogens (primary N) is 1. The van der Waals surface area contributed by atoms with Crippen molar-refractivity contribution in [1.29, 1.82) is 0 Å². The first-order chi connectivity index (χ1) is 11.6. The largest absolute Gasteiger partial charge is 0.497 e. The van der Waals surface area contributed by atoms with Gasteiger partial charge in [-0.2, -0.15) is 9.67 Å². The zero-order chi connectivity index (χ0) is 17.1. The minimum Gasteiger partial charge on any atom is -0.497 e. The average molecular weight is 329 g/mol. The van der Waals surface area contributed by atoms with Crippen molar-refractivity contribution in [3.63, 3.8) is 0 Å². The summed E-state index contributed by atoms with van der Waals surface area (Å²) in [5.74, 6) is 1.07. The second-order valence-electron chi connectivity index (χ2n) is 4.88. The van der Waals surface area contributed by atoms with Gasteiger partial charge in [0.1, 0.15) is 23.0 Å². The topological polar surface area (TPSA) is 87.2 Å². The number of para-hydroxylation sites is 1. The predicted octanol–water partition coefficient (Wildman–Crippen LogP) is 2.75. The second kappa shape index (κ2) is 6.45. The van der Waals surface area contributed by atoms with E-state index in [9.17, 15) is 4.39 Å². The van der Waals surface area contributed by atoms with Crippen LogP contribution in [0.3, 0.4) is 0 Å². The fourth-order valence-electron chi connectivity index (χ4n) is 2.19. The molecular formula is C16H16FN5O2. The first kappa shape index (κ1) is 15.6. The quantitative estimate of drug-likeness (QED) is 0.748. The lowest BCUT2D eigenvalue weighted by atomic mass is 10.3. The molecule has 0 saturated heterocycles. The Morgan fingerprint density at radius 2 is 1.75 bits per heavy atom. The zero-order valence-corrected chi connectivity index (χ0v) is 13.2. The van der Waals surface area contributed by atoms with Crippen molar-refractivity contribution >= 4 is 17.6 Å². The normalized spacial score (nSPS) is 10.5. The Labute approximate surface area is 137 Å². The highest BCUT2D eigenvalue weighted by Crippen LogP contribution is 2.27. The lowest BCUT2D eigenvalue weighted by Gasteiger charge is -2.08. The molecule has 0 unspecified atom stereocenters. The van der Waals surface area contributed by atoms with Crippen molar-refractivity contribution in [3.05, 3.63) is 48.3 Å². The van der Waals surface area contributed by atoms with Crippen molar-refractivity contribution in [2.45, 2.75) is 0 Å². The van der Waals surface area contributed by atoms with Crippen LogP contribution in [-0.4, -0.2) is 29.0 Å². The van der Waals surface area contributed by atoms with Crippen LogP contribution in [0.2, 0.25) is 0 Å². The van der Waals surface area contributed by atoms with Crippen LogP contribution in [0.15, 0.2) is 42.5 Å². The summed E-state index contributed by atoms with van der Waals surface area (Å²) in [5, 5.41) is 7.19. The molecule has 0 saturated carbocycles. The summed E-state index contributed by atoms with van der Waals surface area (Å²) in [5.41, 5.74) is 6.71. The van der Waals surface area contributed by atoms with Gasteiger partial charge in [0.25, 0.3) is 0 Å². The van der Waals surface area contributed by atoms with E-state index in [4.69, 9.17) is 15.2 Å². The monoisotopic (exact) mass is 329 g/mol. The van der Waals surface area contributed by atoms with E-state index in [0.29, 0.717) is 17.2 Å². The standard InChI is InChI=1S/C16H16FN5O2/c1-23-11-7-10(8-12(9-11)24-2)19-16-20-15(18)22(21-16)14-6-4-3-5-13(14)17/h3-9H,1-2H3,(H3,18,19,20,21). The number of halogens is 1. The molecule has 2 aromatic carbocycles. The van der Waals surface area contributed by atoms with Gasteiger partial charge in [-0.25, -0.2) is 4.39 Å². The summed E-state index contributed by atoms with van der Waals surface area (Å²) in [7, 11) is 3.11. The molecule has 0 radical (unpaired) electrons. The van der Waals surface area contributed by atoms with E-state index >= 15 is 0 Å². The maximum Gasteiger partial charge on any atom is 0.248 e. The van der Waals surface area contributed by atoms with Gasteiger partial charge in [0, 0.05) is 23.9 Å². The van der Waals surface area contributed by atoms with Gasteiger partial charge in [0.05, 0.1) is 14.2 Å². The van der Waals surface area contributed by atoms with Crippen LogP contribution in [0.1, 0.15) is 0 Å². The number of nitrogens with one attached hydrogen (secondary N) is 1. The van der Waals surface area contributed by atoms with E-state index in [0.717, 1.165) is 0 Å². The predicted molar refractivity (Wildman–Crippen MR) is 88.6 cm³/mol. The van der Waals surface area contributed by atoms with Crippen LogP contribution in [-0.2, 0) is 0 Å². The van der Waals surface area contributed by atoms with Crippen LogP contribution < -0.4 is 20.5 Å². The molecule has 0 aliphatic rings. The summed E-state index contributed by atoms with van der Waals surface area (Å²) < 4.78 is 25.5. The lowest BCUT2D eigenvalue weighted by molar-refractivity contribution is 0.395. The maximum atomic E-state index is 13.9. The molecule has 0 aliphatic carbocycles. The number of benzene rings is 2. The highest BCUT2D eigenvalue weighted by atomic mass is 19.1. The van der Waals surface area contributed by atoms with E-state index in [1.807, 2.05) is 0 Å². The number of methoxy groups -OCH3 is 2. The number of aromatic nitrogens is 3. The number of hydrogen-bond acceptors (Lipinski definition) is 6. The third-order valence-electron chi connectivity index (χ3n) is 3.32. The van der Waals surface area contributed by atoms with Crippen LogP contribution >= 0.6 is 0 Å². The molecule has 3 aromatic rings. The van der Waals surface area contributed by atoms with Gasteiger partial charge in [-0.3, -0.25) is 0 Å². The maximum absolute atomic E-state index is 13.9. The molecule has 3 N–H and O–H groups in total. The van der Waals surface area contributed by atoms with Gasteiger partial charge in [-0.1, -0.05) is 12.1 Å². The highest BCUT2D eigenvalue weighted by Gasteiger charge is 2.13. The Morgan fingerprint density at radius 3 is 2.38 bits per heavy atom. The first-order valence-electron chi connectivity index (χ1n) is 7.08. The minimum absolute atomic E-state index is 0.0671. The molecule has 0 spiro atoms. The van der Waals surface area contributed by atoms with Crippen molar-refractivity contribution < 1.29 is 13.9 Å². The molecule has 0 amide bonds. The van der Waals surface area contributed by atoms with Crippen LogP contribution in [0.25, 0.3) is 5.69 Å².